The van der Waals surface area contributed by atoms with Crippen LogP contribution in [0.3, 0.4) is 0 Å². The summed E-state index contributed by atoms with van der Waals surface area (Å²) in [5, 5.41) is 9.51. The van der Waals surface area contributed by atoms with Crippen LogP contribution in [0.25, 0.3) is 0 Å². The van der Waals surface area contributed by atoms with E-state index in [1.165, 1.54) is 38.5 Å². The van der Waals surface area contributed by atoms with Gasteiger partial charge >= 0.3 is 0 Å². The first-order valence-electron chi connectivity index (χ1n) is 8.17. The molecule has 0 amide bonds. The van der Waals surface area contributed by atoms with Crippen molar-refractivity contribution in [1.29, 1.82) is 0 Å². The molecule has 0 aromatic rings. The summed E-state index contributed by atoms with van der Waals surface area (Å²) in [6.45, 7) is 3.69. The van der Waals surface area contributed by atoms with Crippen LogP contribution in [0.1, 0.15) is 58.3 Å². The fourth-order valence-corrected chi connectivity index (χ4v) is 4.29. The van der Waals surface area contributed by atoms with Crippen molar-refractivity contribution in [2.24, 2.45) is 17.6 Å². The summed E-state index contributed by atoms with van der Waals surface area (Å²) in [4.78, 5) is 2.56. The number of aliphatic hydroxyl groups is 1. The van der Waals surface area contributed by atoms with E-state index in [1.54, 1.807) is 0 Å². The third kappa shape index (κ3) is 3.50. The Bertz CT molecular complexity index is 284. The van der Waals surface area contributed by atoms with Crippen LogP contribution < -0.4 is 5.73 Å². The molecule has 3 N–H and O–H groups in total. The largest absolute Gasteiger partial charge is 0.394 e. The zero-order valence-electron chi connectivity index (χ0n) is 12.8. The maximum absolute atomic E-state index is 9.51. The van der Waals surface area contributed by atoms with Gasteiger partial charge in [-0.1, -0.05) is 26.2 Å². The minimum absolute atomic E-state index is 0.154. The molecule has 2 saturated carbocycles. The molecule has 3 heteroatoms. The second-order valence-corrected chi connectivity index (χ2v) is 7.08. The van der Waals surface area contributed by atoms with Crippen molar-refractivity contribution in [3.05, 3.63) is 0 Å². The van der Waals surface area contributed by atoms with Crippen molar-refractivity contribution in [2.45, 2.75) is 69.9 Å². The second kappa shape index (κ2) is 6.55. The highest BCUT2D eigenvalue weighted by molar-refractivity contribution is 4.96. The Labute approximate surface area is 118 Å². The second-order valence-electron chi connectivity index (χ2n) is 7.08. The molecule has 2 fully saturated rings. The quantitative estimate of drug-likeness (QED) is 0.805. The number of rotatable bonds is 5. The fourth-order valence-electron chi connectivity index (χ4n) is 4.29. The summed E-state index contributed by atoms with van der Waals surface area (Å²) in [7, 11) is 2.28. The van der Waals surface area contributed by atoms with E-state index in [2.05, 4.69) is 18.9 Å². The van der Waals surface area contributed by atoms with Gasteiger partial charge in [0.2, 0.25) is 0 Å². The van der Waals surface area contributed by atoms with E-state index in [4.69, 9.17) is 5.73 Å². The zero-order valence-corrected chi connectivity index (χ0v) is 12.8. The molecule has 4 unspecified atom stereocenters. The third-order valence-electron chi connectivity index (χ3n) is 5.76. The normalized spacial score (nSPS) is 39.9. The Kier molecular flexibility index (Phi) is 5.27. The van der Waals surface area contributed by atoms with Crippen LogP contribution in [-0.2, 0) is 0 Å². The topological polar surface area (TPSA) is 49.5 Å². The van der Waals surface area contributed by atoms with Gasteiger partial charge in [-0.3, -0.25) is 0 Å². The molecule has 2 aliphatic rings. The molecular formula is C16H32N2O. The van der Waals surface area contributed by atoms with Crippen molar-refractivity contribution in [1.82, 2.24) is 4.90 Å². The van der Waals surface area contributed by atoms with Gasteiger partial charge in [-0.05, 0) is 57.5 Å². The summed E-state index contributed by atoms with van der Waals surface area (Å²) in [6, 6.07) is 0.761. The average molecular weight is 268 g/mol. The molecule has 0 spiro atoms. The van der Waals surface area contributed by atoms with Crippen LogP contribution in [0.15, 0.2) is 0 Å². The molecule has 0 saturated heterocycles. The van der Waals surface area contributed by atoms with Crippen molar-refractivity contribution in [2.75, 3.05) is 20.2 Å². The number of aliphatic hydroxyl groups excluding tert-OH is 1. The van der Waals surface area contributed by atoms with Gasteiger partial charge in [-0.25, -0.2) is 0 Å². The summed E-state index contributed by atoms with van der Waals surface area (Å²) < 4.78 is 0. The lowest BCUT2D eigenvalue weighted by molar-refractivity contribution is 0.112. The minimum atomic E-state index is -0.293. The van der Waals surface area contributed by atoms with E-state index in [0.29, 0.717) is 5.92 Å². The van der Waals surface area contributed by atoms with E-state index in [1.807, 2.05) is 0 Å². The number of hydrogen-bond donors (Lipinski definition) is 2. The molecule has 2 aliphatic carbocycles. The lowest BCUT2D eigenvalue weighted by Crippen LogP contribution is -2.48. The Morgan fingerprint density at radius 2 is 1.95 bits per heavy atom. The Morgan fingerprint density at radius 3 is 2.63 bits per heavy atom. The molecule has 19 heavy (non-hydrogen) atoms. The van der Waals surface area contributed by atoms with Crippen LogP contribution in [0, 0.1) is 11.8 Å². The summed E-state index contributed by atoms with van der Waals surface area (Å²) in [5.41, 5.74) is 6.03. The van der Waals surface area contributed by atoms with Gasteiger partial charge < -0.3 is 15.7 Å². The van der Waals surface area contributed by atoms with Gasteiger partial charge in [0.1, 0.15) is 0 Å². The first-order valence-corrected chi connectivity index (χ1v) is 8.17. The van der Waals surface area contributed by atoms with Crippen molar-refractivity contribution < 1.29 is 5.11 Å². The van der Waals surface area contributed by atoms with E-state index < -0.39 is 0 Å². The molecule has 3 nitrogen and oxygen atoms in total. The molecule has 112 valence electrons. The van der Waals surface area contributed by atoms with Crippen molar-refractivity contribution in [3.63, 3.8) is 0 Å². The van der Waals surface area contributed by atoms with E-state index in [9.17, 15) is 5.11 Å². The molecule has 4 atom stereocenters. The first kappa shape index (κ1) is 15.3. The highest BCUT2D eigenvalue weighted by Gasteiger charge is 2.38. The van der Waals surface area contributed by atoms with Crippen LogP contribution in [0.5, 0.6) is 0 Å². The SMILES string of the molecule is CC1CCCCC1N(C)CCC1CCCC1(N)CO. The van der Waals surface area contributed by atoms with Crippen LogP contribution in [0.2, 0.25) is 0 Å². The molecule has 0 heterocycles. The van der Waals surface area contributed by atoms with Crippen molar-refractivity contribution in [3.8, 4) is 0 Å². The van der Waals surface area contributed by atoms with Gasteiger partial charge in [0.25, 0.3) is 0 Å². The maximum Gasteiger partial charge on any atom is 0.0613 e. The predicted octanol–water partition coefficient (Wildman–Crippen LogP) is 2.38. The number of hydrogen-bond acceptors (Lipinski definition) is 3. The van der Waals surface area contributed by atoms with Gasteiger partial charge in [0.05, 0.1) is 6.61 Å². The summed E-state index contributed by atoms with van der Waals surface area (Å²) in [5.74, 6) is 1.35. The van der Waals surface area contributed by atoms with Crippen molar-refractivity contribution >= 4 is 0 Å². The van der Waals surface area contributed by atoms with Gasteiger partial charge in [0.15, 0.2) is 0 Å². The minimum Gasteiger partial charge on any atom is -0.394 e. The van der Waals surface area contributed by atoms with Crippen LogP contribution in [-0.4, -0.2) is 41.8 Å². The molecule has 2 rings (SSSR count). The maximum atomic E-state index is 9.51. The van der Waals surface area contributed by atoms with Crippen LogP contribution >= 0.6 is 0 Å². The van der Waals surface area contributed by atoms with Gasteiger partial charge in [-0.15, -0.1) is 0 Å². The van der Waals surface area contributed by atoms with Gasteiger partial charge in [-0.2, -0.15) is 0 Å². The molecule has 0 aromatic carbocycles. The smallest absolute Gasteiger partial charge is 0.0613 e. The van der Waals surface area contributed by atoms with E-state index in [-0.39, 0.29) is 12.1 Å². The molecule has 0 bridgehead atoms. The summed E-state index contributed by atoms with van der Waals surface area (Å²) in [6.07, 6.45) is 10.1. The van der Waals surface area contributed by atoms with Gasteiger partial charge in [0, 0.05) is 11.6 Å². The molecule has 0 aliphatic heterocycles. The molecule has 0 radical (unpaired) electrons. The predicted molar refractivity (Wildman–Crippen MR) is 80.0 cm³/mol. The number of nitrogens with zero attached hydrogens (tertiary/aromatic N) is 1. The average Bonchev–Trinajstić information content (AvgIpc) is 2.78. The molecule has 0 aromatic heterocycles. The Morgan fingerprint density at radius 1 is 1.21 bits per heavy atom. The van der Waals surface area contributed by atoms with E-state index >= 15 is 0 Å². The monoisotopic (exact) mass is 268 g/mol. The highest BCUT2D eigenvalue weighted by atomic mass is 16.3. The molecular weight excluding hydrogens is 236 g/mol. The lowest BCUT2D eigenvalue weighted by Gasteiger charge is -2.38. The zero-order chi connectivity index (χ0) is 13.9. The highest BCUT2D eigenvalue weighted by Crippen LogP contribution is 2.36. The first-order chi connectivity index (χ1) is 9.07. The standard InChI is InChI=1S/C16H32N2O/c1-13-6-3-4-8-15(13)18(2)11-9-14-7-5-10-16(14,17)12-19/h13-15,19H,3-12,17H2,1-2H3. The number of nitrogens with two attached hydrogens (primary N) is 1. The van der Waals surface area contributed by atoms with Crippen LogP contribution in [0.4, 0.5) is 0 Å². The Balaban J connectivity index is 1.81. The summed E-state index contributed by atoms with van der Waals surface area (Å²) >= 11 is 0. The third-order valence-corrected chi connectivity index (χ3v) is 5.76. The lowest BCUT2D eigenvalue weighted by atomic mass is 9.83. The van der Waals surface area contributed by atoms with E-state index in [0.717, 1.165) is 31.3 Å². The fraction of sp³-hybridized carbons (Fsp3) is 1.00. The Hall–Kier alpha value is -0.120.